The summed E-state index contributed by atoms with van der Waals surface area (Å²) < 4.78 is 2.04. The summed E-state index contributed by atoms with van der Waals surface area (Å²) in [6.07, 6.45) is 13.8. The van der Waals surface area contributed by atoms with E-state index in [0.717, 1.165) is 62.5 Å². The van der Waals surface area contributed by atoms with Crippen LogP contribution in [0.5, 0.6) is 0 Å². The van der Waals surface area contributed by atoms with Gasteiger partial charge in [0.25, 0.3) is 0 Å². The summed E-state index contributed by atoms with van der Waals surface area (Å²) in [5.74, 6) is 2.47. The molecule has 3 atom stereocenters. The Morgan fingerprint density at radius 3 is 2.88 bits per heavy atom. The lowest BCUT2D eigenvalue weighted by molar-refractivity contribution is -0.122. The average Bonchev–Trinajstić information content (AvgIpc) is 3.29. The van der Waals surface area contributed by atoms with E-state index in [2.05, 4.69) is 47.0 Å². The van der Waals surface area contributed by atoms with Crippen LogP contribution in [0.4, 0.5) is 5.82 Å². The molecule has 1 amide bonds. The second-order valence-corrected chi connectivity index (χ2v) is 9.36. The number of piperidine rings is 1. The van der Waals surface area contributed by atoms with Crippen molar-refractivity contribution in [2.45, 2.75) is 97.7 Å². The number of amides is 1. The molecule has 1 aliphatic rings. The summed E-state index contributed by atoms with van der Waals surface area (Å²) >= 11 is 0. The van der Waals surface area contributed by atoms with Gasteiger partial charge in [0.2, 0.25) is 5.91 Å². The first kappa shape index (κ1) is 24.2. The number of aromatic nitrogens is 4. The maximum absolute atomic E-state index is 12.9. The van der Waals surface area contributed by atoms with Crippen LogP contribution in [0.2, 0.25) is 0 Å². The zero-order valence-corrected chi connectivity index (χ0v) is 20.3. The van der Waals surface area contributed by atoms with Gasteiger partial charge in [0, 0.05) is 62.2 Å². The number of carbonyl (C=O) groups excluding carboxylic acids is 1. The van der Waals surface area contributed by atoms with Gasteiger partial charge in [-0.3, -0.25) is 4.79 Å². The first-order valence-electron chi connectivity index (χ1n) is 12.3. The van der Waals surface area contributed by atoms with Crippen molar-refractivity contribution in [1.82, 2.24) is 24.8 Å². The molecule has 1 fully saturated rings. The molecule has 3 rings (SSSR count). The van der Waals surface area contributed by atoms with Crippen molar-refractivity contribution in [2.75, 3.05) is 11.4 Å². The van der Waals surface area contributed by atoms with Crippen LogP contribution in [0.3, 0.4) is 0 Å². The highest BCUT2D eigenvalue weighted by Gasteiger charge is 2.27. The van der Waals surface area contributed by atoms with E-state index in [1.165, 1.54) is 12.8 Å². The van der Waals surface area contributed by atoms with E-state index >= 15 is 0 Å². The fourth-order valence-electron chi connectivity index (χ4n) is 4.48. The molecule has 3 heterocycles. The van der Waals surface area contributed by atoms with Crippen LogP contribution in [0, 0.1) is 12.8 Å². The Morgan fingerprint density at radius 1 is 1.28 bits per heavy atom. The van der Waals surface area contributed by atoms with Gasteiger partial charge in [-0.1, -0.05) is 26.7 Å². The number of imidazole rings is 1. The molecule has 0 aliphatic carbocycles. The molecule has 0 saturated carbocycles. The number of hydrogen-bond acceptors (Lipinski definition) is 5. The van der Waals surface area contributed by atoms with Gasteiger partial charge in [0.15, 0.2) is 0 Å². The third kappa shape index (κ3) is 7.04. The fourth-order valence-corrected chi connectivity index (χ4v) is 4.48. The predicted molar refractivity (Wildman–Crippen MR) is 129 cm³/mol. The van der Waals surface area contributed by atoms with Crippen molar-refractivity contribution in [3.63, 3.8) is 0 Å². The summed E-state index contributed by atoms with van der Waals surface area (Å²) in [4.78, 5) is 28.8. The van der Waals surface area contributed by atoms with Crippen molar-refractivity contribution in [1.29, 1.82) is 0 Å². The Morgan fingerprint density at radius 2 is 2.12 bits per heavy atom. The van der Waals surface area contributed by atoms with Gasteiger partial charge in [0.1, 0.15) is 11.6 Å². The zero-order valence-electron chi connectivity index (χ0n) is 20.3. The molecule has 0 bridgehead atoms. The second-order valence-electron chi connectivity index (χ2n) is 9.36. The Balaban J connectivity index is 1.63. The number of anilines is 1. The van der Waals surface area contributed by atoms with E-state index in [4.69, 9.17) is 4.98 Å². The largest absolute Gasteiger partial charge is 0.353 e. The predicted octanol–water partition coefficient (Wildman–Crippen LogP) is 4.30. The van der Waals surface area contributed by atoms with E-state index in [0.29, 0.717) is 12.3 Å². The van der Waals surface area contributed by atoms with Crippen LogP contribution >= 0.6 is 0 Å². The molecule has 1 saturated heterocycles. The summed E-state index contributed by atoms with van der Waals surface area (Å²) in [5, 5.41) is 3.26. The topological polar surface area (TPSA) is 75.9 Å². The van der Waals surface area contributed by atoms with Crippen molar-refractivity contribution in [2.24, 2.45) is 5.92 Å². The molecule has 2 aromatic heterocycles. The van der Waals surface area contributed by atoms with E-state index < -0.39 is 0 Å². The van der Waals surface area contributed by atoms with E-state index in [1.54, 1.807) is 6.20 Å². The Kier molecular flexibility index (Phi) is 9.06. The first-order chi connectivity index (χ1) is 15.5. The number of carbonyl (C=O) groups is 1. The molecule has 1 aliphatic heterocycles. The number of aryl methyl sites for hydroxylation is 3. The number of unbranched alkanes of at least 4 members (excludes halogenated alkanes) is 1. The van der Waals surface area contributed by atoms with Gasteiger partial charge < -0.3 is 14.8 Å². The average molecular weight is 441 g/mol. The van der Waals surface area contributed by atoms with E-state index in [1.807, 2.05) is 24.0 Å². The van der Waals surface area contributed by atoms with Crippen LogP contribution in [0.1, 0.15) is 77.2 Å². The number of hydrogen-bond donors (Lipinski definition) is 1. The molecule has 0 spiro atoms. The van der Waals surface area contributed by atoms with Gasteiger partial charge in [-0.05, 0) is 45.4 Å². The van der Waals surface area contributed by atoms with Crippen molar-refractivity contribution in [3.8, 4) is 0 Å². The van der Waals surface area contributed by atoms with E-state index in [9.17, 15) is 4.79 Å². The lowest BCUT2D eigenvalue weighted by atomic mass is 9.95. The van der Waals surface area contributed by atoms with Crippen molar-refractivity contribution in [3.05, 3.63) is 36.3 Å². The molecule has 176 valence electrons. The molecule has 3 unspecified atom stereocenters. The van der Waals surface area contributed by atoms with Gasteiger partial charge in [-0.2, -0.15) is 0 Å². The van der Waals surface area contributed by atoms with Gasteiger partial charge in [-0.25, -0.2) is 15.0 Å². The Labute approximate surface area is 193 Å². The minimum Gasteiger partial charge on any atom is -0.353 e. The van der Waals surface area contributed by atoms with Crippen LogP contribution in [-0.4, -0.2) is 44.1 Å². The molecule has 1 N–H and O–H groups in total. The van der Waals surface area contributed by atoms with E-state index in [-0.39, 0.29) is 18.0 Å². The van der Waals surface area contributed by atoms with Crippen LogP contribution in [0.25, 0.3) is 0 Å². The summed E-state index contributed by atoms with van der Waals surface area (Å²) in [6.45, 7) is 10.4. The molecule has 0 aromatic carbocycles. The van der Waals surface area contributed by atoms with Crippen LogP contribution < -0.4 is 10.2 Å². The second kappa shape index (κ2) is 12.0. The highest BCUT2D eigenvalue weighted by molar-refractivity contribution is 5.77. The van der Waals surface area contributed by atoms with Crippen molar-refractivity contribution < 1.29 is 4.79 Å². The molecule has 32 heavy (non-hydrogen) atoms. The van der Waals surface area contributed by atoms with Gasteiger partial charge in [0.05, 0.1) is 6.33 Å². The molecule has 2 aromatic rings. The summed E-state index contributed by atoms with van der Waals surface area (Å²) in [6, 6.07) is 2.46. The summed E-state index contributed by atoms with van der Waals surface area (Å²) in [5.41, 5.74) is 0.975. The fraction of sp³-hybridized carbons (Fsp3) is 0.680. The standard InChI is InChI=1S/C25H40N6O/c1-5-6-9-19(2)21(4)28-25(32)17-22-10-7-8-13-31(22)24-16-20(3)27-23(29-24)11-14-30-15-12-26-18-30/h12,15-16,18-19,21-22H,5-11,13-14,17H2,1-4H3,(H,28,32). The first-order valence-corrected chi connectivity index (χ1v) is 12.3. The number of nitrogens with one attached hydrogen (secondary N) is 1. The normalized spacial score (nSPS) is 18.4. The maximum Gasteiger partial charge on any atom is 0.222 e. The number of nitrogens with zero attached hydrogens (tertiary/aromatic N) is 5. The van der Waals surface area contributed by atoms with Crippen LogP contribution in [0.15, 0.2) is 24.8 Å². The SMILES string of the molecule is CCCCC(C)C(C)NC(=O)CC1CCCCN1c1cc(C)nc(CCn2ccnc2)n1. The highest BCUT2D eigenvalue weighted by Crippen LogP contribution is 2.26. The van der Waals surface area contributed by atoms with Gasteiger partial charge in [-0.15, -0.1) is 0 Å². The Bertz CT molecular complexity index is 837. The number of rotatable bonds is 11. The lowest BCUT2D eigenvalue weighted by Gasteiger charge is -2.37. The monoisotopic (exact) mass is 440 g/mol. The maximum atomic E-state index is 12.9. The minimum absolute atomic E-state index is 0.156. The molecular weight excluding hydrogens is 400 g/mol. The molecular formula is C25H40N6O. The lowest BCUT2D eigenvalue weighted by Crippen LogP contribution is -2.45. The summed E-state index contributed by atoms with van der Waals surface area (Å²) in [7, 11) is 0. The minimum atomic E-state index is 0.156. The van der Waals surface area contributed by atoms with Gasteiger partial charge >= 0.3 is 0 Å². The van der Waals surface area contributed by atoms with Crippen molar-refractivity contribution >= 4 is 11.7 Å². The zero-order chi connectivity index (χ0) is 22.9. The smallest absolute Gasteiger partial charge is 0.222 e. The highest BCUT2D eigenvalue weighted by atomic mass is 16.1. The third-order valence-electron chi connectivity index (χ3n) is 6.64. The molecule has 0 radical (unpaired) electrons. The Hall–Kier alpha value is -2.44. The quantitative estimate of drug-likeness (QED) is 0.564. The third-order valence-corrected chi connectivity index (χ3v) is 6.64. The molecule has 7 nitrogen and oxygen atoms in total. The van der Waals surface area contributed by atoms with Crippen LogP contribution in [-0.2, 0) is 17.8 Å². The molecule has 7 heteroatoms.